The Morgan fingerprint density at radius 2 is 1.79 bits per heavy atom. The molecule has 0 aliphatic rings. The summed E-state index contributed by atoms with van der Waals surface area (Å²) in [6.07, 6.45) is 1.68. The van der Waals surface area contributed by atoms with Crippen molar-refractivity contribution >= 4 is 22.8 Å². The average molecular weight is 378 g/mol. The normalized spacial score (nSPS) is 11.8. The molecule has 1 amide bonds. The predicted molar refractivity (Wildman–Crippen MR) is 107 cm³/mol. The fourth-order valence-corrected chi connectivity index (χ4v) is 3.05. The Labute approximate surface area is 162 Å². The molecule has 0 saturated heterocycles. The first-order valence-corrected chi connectivity index (χ1v) is 9.22. The molecule has 3 aromatic rings. The number of rotatable bonds is 7. The molecule has 144 valence electrons. The van der Waals surface area contributed by atoms with E-state index in [-0.39, 0.29) is 17.2 Å². The number of esters is 1. The molecule has 0 fully saturated rings. The highest BCUT2D eigenvalue weighted by Gasteiger charge is 2.16. The Kier molecular flexibility index (Phi) is 6.22. The molecule has 0 radical (unpaired) electrons. The van der Waals surface area contributed by atoms with E-state index in [0.29, 0.717) is 10.9 Å². The van der Waals surface area contributed by atoms with E-state index in [9.17, 15) is 14.4 Å². The van der Waals surface area contributed by atoms with E-state index in [2.05, 4.69) is 10.3 Å². The molecule has 0 bridgehead atoms. The zero-order valence-corrected chi connectivity index (χ0v) is 15.6. The Morgan fingerprint density at radius 1 is 1.07 bits per heavy atom. The third-order valence-electron chi connectivity index (χ3n) is 4.41. The smallest absolute Gasteiger partial charge is 0.355 e. The first-order valence-electron chi connectivity index (χ1n) is 9.22. The number of carbonyl (C=O) groups is 2. The zero-order valence-electron chi connectivity index (χ0n) is 15.6. The van der Waals surface area contributed by atoms with Crippen LogP contribution in [0.2, 0.25) is 0 Å². The number of amides is 1. The molecule has 0 saturated carbocycles. The van der Waals surface area contributed by atoms with E-state index in [1.165, 1.54) is 6.07 Å². The molecular weight excluding hydrogens is 356 g/mol. The summed E-state index contributed by atoms with van der Waals surface area (Å²) >= 11 is 0. The van der Waals surface area contributed by atoms with Gasteiger partial charge >= 0.3 is 5.97 Å². The van der Waals surface area contributed by atoms with Gasteiger partial charge in [-0.15, -0.1) is 0 Å². The molecule has 2 aromatic carbocycles. The van der Waals surface area contributed by atoms with Gasteiger partial charge in [0.2, 0.25) is 0 Å². The second kappa shape index (κ2) is 8.99. The number of nitrogens with one attached hydrogen (secondary N) is 2. The van der Waals surface area contributed by atoms with Gasteiger partial charge < -0.3 is 15.0 Å². The van der Waals surface area contributed by atoms with Gasteiger partial charge in [-0.3, -0.25) is 9.59 Å². The molecule has 6 nitrogen and oxygen atoms in total. The largest absolute Gasteiger partial charge is 0.451 e. The third-order valence-corrected chi connectivity index (χ3v) is 4.41. The van der Waals surface area contributed by atoms with Crippen LogP contribution in [0, 0.1) is 0 Å². The molecular formula is C22H22N2O4. The Morgan fingerprint density at radius 3 is 2.54 bits per heavy atom. The van der Waals surface area contributed by atoms with Crippen molar-refractivity contribution in [1.82, 2.24) is 10.3 Å². The minimum Gasteiger partial charge on any atom is -0.451 e. The van der Waals surface area contributed by atoms with Crippen LogP contribution in [0.3, 0.4) is 0 Å². The van der Waals surface area contributed by atoms with Crippen molar-refractivity contribution in [3.63, 3.8) is 0 Å². The number of ether oxygens (including phenoxy) is 1. The molecule has 6 heteroatoms. The lowest BCUT2D eigenvalue weighted by Gasteiger charge is -2.18. The number of aromatic amines is 1. The van der Waals surface area contributed by atoms with Gasteiger partial charge in [0.25, 0.3) is 5.91 Å². The standard InChI is InChI=1S/C22H22N2O4/c1-2-8-17(15-9-4-3-5-10-15)24-21(26)14-28-22(27)19-13-20(25)16-11-6-7-12-18(16)23-19/h3-7,9-13,17H,2,8,14H2,1H3,(H,23,25)(H,24,26)/t17-/m0/s1. The van der Waals surface area contributed by atoms with Crippen LogP contribution in [0.1, 0.15) is 41.9 Å². The SMILES string of the molecule is CCC[C@H](NC(=O)COC(=O)c1cc(=O)c2ccccc2[nH]1)c1ccccc1. The van der Waals surface area contributed by atoms with Crippen molar-refractivity contribution in [3.8, 4) is 0 Å². The Bertz CT molecular complexity index is 1030. The van der Waals surface area contributed by atoms with Crippen LogP contribution in [0.4, 0.5) is 0 Å². The van der Waals surface area contributed by atoms with E-state index in [0.717, 1.165) is 18.4 Å². The molecule has 1 atom stereocenters. The molecule has 0 aliphatic heterocycles. The van der Waals surface area contributed by atoms with E-state index in [1.807, 2.05) is 37.3 Å². The van der Waals surface area contributed by atoms with E-state index < -0.39 is 18.5 Å². The lowest BCUT2D eigenvalue weighted by molar-refractivity contribution is -0.125. The van der Waals surface area contributed by atoms with Crippen molar-refractivity contribution in [2.24, 2.45) is 0 Å². The van der Waals surface area contributed by atoms with Crippen molar-refractivity contribution < 1.29 is 14.3 Å². The highest BCUT2D eigenvalue weighted by Crippen LogP contribution is 2.18. The summed E-state index contributed by atoms with van der Waals surface area (Å²) < 4.78 is 5.09. The van der Waals surface area contributed by atoms with Gasteiger partial charge in [0.05, 0.1) is 6.04 Å². The summed E-state index contributed by atoms with van der Waals surface area (Å²) in [7, 11) is 0. The quantitative estimate of drug-likeness (QED) is 0.617. The van der Waals surface area contributed by atoms with Crippen LogP contribution in [0.15, 0.2) is 65.5 Å². The first-order chi connectivity index (χ1) is 13.6. The molecule has 28 heavy (non-hydrogen) atoms. The van der Waals surface area contributed by atoms with E-state index >= 15 is 0 Å². The summed E-state index contributed by atoms with van der Waals surface area (Å²) in [6, 6.07) is 17.6. The van der Waals surface area contributed by atoms with Crippen LogP contribution in [-0.2, 0) is 9.53 Å². The molecule has 0 spiro atoms. The van der Waals surface area contributed by atoms with Crippen molar-refractivity contribution in [2.45, 2.75) is 25.8 Å². The first kappa shape index (κ1) is 19.4. The number of hydrogen-bond donors (Lipinski definition) is 2. The maximum absolute atomic E-state index is 12.3. The maximum Gasteiger partial charge on any atom is 0.355 e. The maximum atomic E-state index is 12.3. The average Bonchev–Trinajstić information content (AvgIpc) is 2.72. The van der Waals surface area contributed by atoms with Gasteiger partial charge in [-0.25, -0.2) is 4.79 Å². The van der Waals surface area contributed by atoms with E-state index in [4.69, 9.17) is 4.74 Å². The Balaban J connectivity index is 1.64. The van der Waals surface area contributed by atoms with Gasteiger partial charge in [-0.2, -0.15) is 0 Å². The number of hydrogen-bond acceptors (Lipinski definition) is 4. The molecule has 1 heterocycles. The monoisotopic (exact) mass is 378 g/mol. The highest BCUT2D eigenvalue weighted by molar-refractivity contribution is 5.92. The molecule has 0 unspecified atom stereocenters. The molecule has 2 N–H and O–H groups in total. The van der Waals surface area contributed by atoms with Crippen LogP contribution in [-0.4, -0.2) is 23.5 Å². The number of fused-ring (bicyclic) bond motifs is 1. The fraction of sp³-hybridized carbons (Fsp3) is 0.227. The number of aromatic nitrogens is 1. The summed E-state index contributed by atoms with van der Waals surface area (Å²) in [5.41, 5.74) is 1.28. The van der Waals surface area contributed by atoms with Gasteiger partial charge in [0, 0.05) is 17.0 Å². The summed E-state index contributed by atoms with van der Waals surface area (Å²) in [5.74, 6) is -1.14. The predicted octanol–water partition coefficient (Wildman–Crippen LogP) is 3.34. The van der Waals surface area contributed by atoms with Gasteiger partial charge in [0.1, 0.15) is 5.69 Å². The second-order valence-corrected chi connectivity index (χ2v) is 6.49. The number of para-hydroxylation sites is 1. The van der Waals surface area contributed by atoms with Crippen LogP contribution in [0.5, 0.6) is 0 Å². The van der Waals surface area contributed by atoms with Gasteiger partial charge in [0.15, 0.2) is 12.0 Å². The van der Waals surface area contributed by atoms with Crippen LogP contribution < -0.4 is 10.7 Å². The number of benzene rings is 2. The van der Waals surface area contributed by atoms with Crippen molar-refractivity contribution in [1.29, 1.82) is 0 Å². The zero-order chi connectivity index (χ0) is 19.9. The number of pyridine rings is 1. The van der Waals surface area contributed by atoms with E-state index in [1.54, 1.807) is 24.3 Å². The molecule has 0 aliphatic carbocycles. The Hall–Kier alpha value is -3.41. The van der Waals surface area contributed by atoms with Gasteiger partial charge in [-0.1, -0.05) is 55.8 Å². The number of carbonyl (C=O) groups excluding carboxylic acids is 2. The van der Waals surface area contributed by atoms with Crippen molar-refractivity contribution in [3.05, 3.63) is 82.1 Å². The fourth-order valence-electron chi connectivity index (χ4n) is 3.05. The third kappa shape index (κ3) is 4.65. The summed E-state index contributed by atoms with van der Waals surface area (Å²) in [4.78, 5) is 39.5. The summed E-state index contributed by atoms with van der Waals surface area (Å²) in [5, 5.41) is 3.38. The molecule has 3 rings (SSSR count). The lowest BCUT2D eigenvalue weighted by Crippen LogP contribution is -2.32. The topological polar surface area (TPSA) is 88.3 Å². The van der Waals surface area contributed by atoms with Crippen LogP contribution in [0.25, 0.3) is 10.9 Å². The minimum atomic E-state index is -0.746. The van der Waals surface area contributed by atoms with Crippen LogP contribution >= 0.6 is 0 Å². The minimum absolute atomic E-state index is 0.0182. The van der Waals surface area contributed by atoms with Crippen molar-refractivity contribution in [2.75, 3.05) is 6.61 Å². The number of H-pyrrole nitrogens is 1. The lowest BCUT2D eigenvalue weighted by atomic mass is 10.0. The van der Waals surface area contributed by atoms with Gasteiger partial charge in [-0.05, 0) is 24.1 Å². The highest BCUT2D eigenvalue weighted by atomic mass is 16.5. The molecule has 1 aromatic heterocycles. The summed E-state index contributed by atoms with van der Waals surface area (Å²) in [6.45, 7) is 1.62. The second-order valence-electron chi connectivity index (χ2n) is 6.49.